The van der Waals surface area contributed by atoms with Gasteiger partial charge in [0.15, 0.2) is 11.5 Å². The topological polar surface area (TPSA) is 60.0 Å². The standard InChI is InChI=1S/C19H20N2O4/c22-19(20-14-6-7-17-18(12-14)24-11-10-23-17)21-9-8-16(13-21)25-15-4-2-1-3-5-15/h1-7,12,16H,8-11,13H2,(H,20,22). The van der Waals surface area contributed by atoms with E-state index in [1.807, 2.05) is 42.5 Å². The van der Waals surface area contributed by atoms with Gasteiger partial charge in [-0.05, 0) is 24.3 Å². The lowest BCUT2D eigenvalue weighted by molar-refractivity contribution is 0.171. The van der Waals surface area contributed by atoms with Crippen LogP contribution in [-0.2, 0) is 0 Å². The van der Waals surface area contributed by atoms with Crippen molar-refractivity contribution in [2.75, 3.05) is 31.6 Å². The molecule has 6 nitrogen and oxygen atoms in total. The summed E-state index contributed by atoms with van der Waals surface area (Å²) in [6.07, 6.45) is 0.845. The number of urea groups is 1. The molecule has 0 spiro atoms. The first-order chi connectivity index (χ1) is 12.3. The van der Waals surface area contributed by atoms with Crippen LogP contribution in [0, 0.1) is 0 Å². The van der Waals surface area contributed by atoms with E-state index < -0.39 is 0 Å². The van der Waals surface area contributed by atoms with Crippen LogP contribution in [0.3, 0.4) is 0 Å². The monoisotopic (exact) mass is 340 g/mol. The first-order valence-electron chi connectivity index (χ1n) is 8.45. The van der Waals surface area contributed by atoms with Gasteiger partial charge in [-0.25, -0.2) is 4.79 Å². The molecule has 1 atom stereocenters. The van der Waals surface area contributed by atoms with Crippen molar-refractivity contribution >= 4 is 11.7 Å². The number of nitrogens with one attached hydrogen (secondary N) is 1. The van der Waals surface area contributed by atoms with E-state index in [2.05, 4.69) is 5.32 Å². The number of hydrogen-bond acceptors (Lipinski definition) is 4. The number of anilines is 1. The van der Waals surface area contributed by atoms with E-state index >= 15 is 0 Å². The Labute approximate surface area is 146 Å². The molecule has 4 rings (SSSR count). The Morgan fingerprint density at radius 3 is 2.72 bits per heavy atom. The summed E-state index contributed by atoms with van der Waals surface area (Å²) in [5.41, 5.74) is 0.696. The Balaban J connectivity index is 1.34. The van der Waals surface area contributed by atoms with Crippen molar-refractivity contribution in [1.29, 1.82) is 0 Å². The molecule has 1 saturated heterocycles. The minimum atomic E-state index is -0.129. The van der Waals surface area contributed by atoms with E-state index in [9.17, 15) is 4.79 Å². The minimum absolute atomic E-state index is 0.0217. The second-order valence-electron chi connectivity index (χ2n) is 6.08. The first kappa shape index (κ1) is 15.6. The van der Waals surface area contributed by atoms with Gasteiger partial charge in [0.25, 0.3) is 0 Å². The fourth-order valence-corrected chi connectivity index (χ4v) is 3.02. The molecule has 0 aliphatic carbocycles. The normalized spacial score (nSPS) is 18.7. The fraction of sp³-hybridized carbons (Fsp3) is 0.316. The average molecular weight is 340 g/mol. The van der Waals surface area contributed by atoms with Gasteiger partial charge in [-0.2, -0.15) is 0 Å². The number of nitrogens with zero attached hydrogens (tertiary/aromatic N) is 1. The molecule has 0 saturated carbocycles. The van der Waals surface area contributed by atoms with Crippen molar-refractivity contribution in [2.45, 2.75) is 12.5 Å². The van der Waals surface area contributed by atoms with E-state index in [1.54, 1.807) is 11.0 Å². The summed E-state index contributed by atoms with van der Waals surface area (Å²) in [7, 11) is 0. The van der Waals surface area contributed by atoms with Crippen molar-refractivity contribution in [3.05, 3.63) is 48.5 Å². The predicted octanol–water partition coefficient (Wildman–Crippen LogP) is 3.14. The smallest absolute Gasteiger partial charge is 0.321 e. The first-order valence-corrected chi connectivity index (χ1v) is 8.45. The molecule has 2 amide bonds. The minimum Gasteiger partial charge on any atom is -0.489 e. The van der Waals surface area contributed by atoms with Gasteiger partial charge >= 0.3 is 6.03 Å². The van der Waals surface area contributed by atoms with Crippen LogP contribution in [0.25, 0.3) is 0 Å². The summed E-state index contributed by atoms with van der Waals surface area (Å²) in [5.74, 6) is 2.21. The third-order valence-electron chi connectivity index (χ3n) is 4.27. The van der Waals surface area contributed by atoms with Crippen molar-refractivity contribution < 1.29 is 19.0 Å². The number of carbonyl (C=O) groups excluding carboxylic acids is 1. The SMILES string of the molecule is O=C(Nc1ccc2c(c1)OCCO2)N1CCC(Oc2ccccc2)C1. The van der Waals surface area contributed by atoms with E-state index in [4.69, 9.17) is 14.2 Å². The van der Waals surface area contributed by atoms with Gasteiger partial charge in [-0.15, -0.1) is 0 Å². The molecule has 2 aliphatic rings. The van der Waals surface area contributed by atoms with Crippen molar-refractivity contribution in [3.63, 3.8) is 0 Å². The summed E-state index contributed by atoms with van der Waals surface area (Å²) < 4.78 is 17.0. The van der Waals surface area contributed by atoms with Gasteiger partial charge in [0.1, 0.15) is 25.1 Å². The summed E-state index contributed by atoms with van der Waals surface area (Å²) in [5, 5.41) is 2.91. The van der Waals surface area contributed by atoms with Crippen molar-refractivity contribution in [1.82, 2.24) is 4.90 Å². The summed E-state index contributed by atoms with van der Waals surface area (Å²) in [4.78, 5) is 14.2. The Kier molecular flexibility index (Phi) is 4.33. The zero-order valence-electron chi connectivity index (χ0n) is 13.8. The van der Waals surface area contributed by atoms with E-state index in [0.717, 1.165) is 12.2 Å². The number of fused-ring (bicyclic) bond motifs is 1. The molecule has 130 valence electrons. The van der Waals surface area contributed by atoms with Crippen LogP contribution in [0.15, 0.2) is 48.5 Å². The molecule has 1 fully saturated rings. The van der Waals surface area contributed by atoms with Crippen LogP contribution in [0.1, 0.15) is 6.42 Å². The van der Waals surface area contributed by atoms with Crippen LogP contribution in [0.2, 0.25) is 0 Å². The Morgan fingerprint density at radius 1 is 1.08 bits per heavy atom. The highest BCUT2D eigenvalue weighted by atomic mass is 16.6. The molecule has 2 aliphatic heterocycles. The highest BCUT2D eigenvalue weighted by molar-refractivity contribution is 5.90. The van der Waals surface area contributed by atoms with E-state index in [1.165, 1.54) is 0 Å². The maximum atomic E-state index is 12.5. The second kappa shape index (κ2) is 6.93. The molecular weight excluding hydrogens is 320 g/mol. The van der Waals surface area contributed by atoms with Crippen molar-refractivity contribution in [3.8, 4) is 17.2 Å². The van der Waals surface area contributed by atoms with Crippen molar-refractivity contribution in [2.24, 2.45) is 0 Å². The largest absolute Gasteiger partial charge is 0.489 e. The fourth-order valence-electron chi connectivity index (χ4n) is 3.02. The molecule has 2 heterocycles. The summed E-state index contributed by atoms with van der Waals surface area (Å²) in [6, 6.07) is 15.0. The van der Waals surface area contributed by atoms with E-state index in [0.29, 0.717) is 43.5 Å². The lowest BCUT2D eigenvalue weighted by Gasteiger charge is -2.21. The highest BCUT2D eigenvalue weighted by Crippen LogP contribution is 2.32. The van der Waals surface area contributed by atoms with E-state index in [-0.39, 0.29) is 12.1 Å². The summed E-state index contributed by atoms with van der Waals surface area (Å²) in [6.45, 7) is 2.32. The lowest BCUT2D eigenvalue weighted by atomic mass is 10.2. The molecule has 0 aromatic heterocycles. The number of amides is 2. The number of hydrogen-bond donors (Lipinski definition) is 1. The van der Waals surface area contributed by atoms with Gasteiger partial charge in [0, 0.05) is 24.7 Å². The van der Waals surface area contributed by atoms with Gasteiger partial charge in [0.05, 0.1) is 6.54 Å². The number of rotatable bonds is 3. The van der Waals surface area contributed by atoms with Crippen LogP contribution < -0.4 is 19.5 Å². The maximum absolute atomic E-state index is 12.5. The maximum Gasteiger partial charge on any atom is 0.321 e. The summed E-state index contributed by atoms with van der Waals surface area (Å²) >= 11 is 0. The Hall–Kier alpha value is -2.89. The van der Waals surface area contributed by atoms with Crippen LogP contribution >= 0.6 is 0 Å². The zero-order valence-corrected chi connectivity index (χ0v) is 13.8. The molecule has 6 heteroatoms. The zero-order chi connectivity index (χ0) is 17.1. The molecule has 1 N–H and O–H groups in total. The van der Waals surface area contributed by atoms with Gasteiger partial charge < -0.3 is 24.4 Å². The number of carbonyl (C=O) groups is 1. The number of ether oxygens (including phenoxy) is 3. The second-order valence-corrected chi connectivity index (χ2v) is 6.08. The quantitative estimate of drug-likeness (QED) is 0.932. The Morgan fingerprint density at radius 2 is 1.88 bits per heavy atom. The molecular formula is C19H20N2O4. The molecule has 0 radical (unpaired) electrons. The molecule has 2 aromatic carbocycles. The Bertz CT molecular complexity index is 750. The van der Waals surface area contributed by atoms with Crippen LogP contribution in [0.5, 0.6) is 17.2 Å². The average Bonchev–Trinajstić information content (AvgIpc) is 3.11. The molecule has 1 unspecified atom stereocenters. The highest BCUT2D eigenvalue weighted by Gasteiger charge is 2.28. The third-order valence-corrected chi connectivity index (χ3v) is 4.27. The molecule has 0 bridgehead atoms. The van der Waals surface area contributed by atoms with Gasteiger partial charge in [-0.3, -0.25) is 0 Å². The van der Waals surface area contributed by atoms with Crippen LogP contribution in [-0.4, -0.2) is 43.3 Å². The number of para-hydroxylation sites is 1. The molecule has 2 aromatic rings. The third kappa shape index (κ3) is 3.63. The van der Waals surface area contributed by atoms with Gasteiger partial charge in [0.2, 0.25) is 0 Å². The molecule has 25 heavy (non-hydrogen) atoms. The van der Waals surface area contributed by atoms with Crippen LogP contribution in [0.4, 0.5) is 10.5 Å². The predicted molar refractivity (Wildman–Crippen MR) is 93.5 cm³/mol. The van der Waals surface area contributed by atoms with Gasteiger partial charge in [-0.1, -0.05) is 18.2 Å². The number of likely N-dealkylation sites (tertiary alicyclic amines) is 1. The number of benzene rings is 2. The lowest BCUT2D eigenvalue weighted by Crippen LogP contribution is -2.34.